The van der Waals surface area contributed by atoms with Gasteiger partial charge in [-0.1, -0.05) is 19.8 Å². The second kappa shape index (κ2) is 10.1. The van der Waals surface area contributed by atoms with E-state index in [1.54, 1.807) is 18.2 Å². The summed E-state index contributed by atoms with van der Waals surface area (Å²) < 4.78 is 31.1. The zero-order valence-electron chi connectivity index (χ0n) is 21.2. The molecule has 2 aliphatic rings. The number of hydrogen-bond donors (Lipinski definition) is 6. The first-order valence-electron chi connectivity index (χ1n) is 12.8. The molecule has 0 spiro atoms. The number of aliphatic hydroxyl groups is 2. The number of hydrogen-bond acceptors (Lipinski definition) is 8. The van der Waals surface area contributed by atoms with Crippen LogP contribution < -0.4 is 20.1 Å². The van der Waals surface area contributed by atoms with Gasteiger partial charge in [0.1, 0.15) is 16.4 Å². The zero-order chi connectivity index (χ0) is 27.0. The Labute approximate surface area is 221 Å². The second-order valence-electron chi connectivity index (χ2n) is 10.4. The average Bonchev–Trinajstić information content (AvgIpc) is 3.58. The van der Waals surface area contributed by atoms with Gasteiger partial charge in [0.15, 0.2) is 0 Å². The van der Waals surface area contributed by atoms with Crippen molar-refractivity contribution in [3.63, 3.8) is 0 Å². The van der Waals surface area contributed by atoms with E-state index in [-0.39, 0.29) is 34.7 Å². The van der Waals surface area contributed by atoms with Gasteiger partial charge in [-0.15, -0.1) is 0 Å². The molecule has 0 saturated heterocycles. The smallest absolute Gasteiger partial charge is 0.339 e. The van der Waals surface area contributed by atoms with Gasteiger partial charge in [0, 0.05) is 17.7 Å². The van der Waals surface area contributed by atoms with Crippen LogP contribution in [-0.4, -0.2) is 52.5 Å². The van der Waals surface area contributed by atoms with Gasteiger partial charge in [-0.3, -0.25) is 5.32 Å². The second-order valence-corrected chi connectivity index (χ2v) is 11.9. The van der Waals surface area contributed by atoms with E-state index < -0.39 is 21.9 Å². The van der Waals surface area contributed by atoms with Crippen molar-refractivity contribution in [1.82, 2.24) is 15.3 Å². The van der Waals surface area contributed by atoms with Gasteiger partial charge in [0.2, 0.25) is 5.95 Å². The SMILES string of the molecule is CC1CCCC1(O)NC(=O)Nc1nc2ccc(OS(=O)(=O)c3ccc(NC4(CO)CCCC4)cc3)cc2[nH]1. The van der Waals surface area contributed by atoms with Crippen LogP contribution in [0.3, 0.4) is 0 Å². The maximum Gasteiger partial charge on any atom is 0.339 e. The molecule has 11 nitrogen and oxygen atoms in total. The van der Waals surface area contributed by atoms with Crippen molar-refractivity contribution in [2.24, 2.45) is 5.92 Å². The highest BCUT2D eigenvalue weighted by atomic mass is 32.2. The Morgan fingerprint density at radius 1 is 1.13 bits per heavy atom. The number of benzene rings is 2. The molecule has 0 aliphatic heterocycles. The first kappa shape index (κ1) is 26.3. The monoisotopic (exact) mass is 543 g/mol. The molecule has 2 aliphatic carbocycles. The summed E-state index contributed by atoms with van der Waals surface area (Å²) in [7, 11) is -4.10. The fraction of sp³-hybridized carbons (Fsp3) is 0.462. The van der Waals surface area contributed by atoms with Crippen LogP contribution in [0.1, 0.15) is 51.9 Å². The summed E-state index contributed by atoms with van der Waals surface area (Å²) in [4.78, 5) is 19.6. The van der Waals surface area contributed by atoms with Gasteiger partial charge in [-0.25, -0.2) is 9.78 Å². The largest absolute Gasteiger partial charge is 0.394 e. The molecule has 204 valence electrons. The van der Waals surface area contributed by atoms with Crippen LogP contribution in [0.25, 0.3) is 11.0 Å². The molecule has 0 radical (unpaired) electrons. The standard InChI is InChI=1S/C26H33N5O6S/c1-17-5-4-14-26(17,34)31-24(33)29-23-27-21-11-8-19(15-22(21)28-23)37-38(35,36)20-9-6-18(7-10-20)30-25(16-32)12-2-3-13-25/h6-11,15,17,30,32,34H,2-5,12-14,16H2,1H3,(H3,27,28,29,31,33). The van der Waals surface area contributed by atoms with E-state index in [4.69, 9.17) is 4.18 Å². The van der Waals surface area contributed by atoms with Crippen LogP contribution in [0.4, 0.5) is 16.4 Å². The number of amides is 2. The molecule has 2 fully saturated rings. The average molecular weight is 544 g/mol. The molecule has 0 bridgehead atoms. The predicted octanol–water partition coefficient (Wildman–Crippen LogP) is 3.68. The molecule has 2 unspecified atom stereocenters. The highest BCUT2D eigenvalue weighted by molar-refractivity contribution is 7.87. The van der Waals surface area contributed by atoms with Crippen LogP contribution in [0.15, 0.2) is 47.4 Å². The summed E-state index contributed by atoms with van der Waals surface area (Å²) in [6, 6.07) is 10.2. The first-order chi connectivity index (χ1) is 18.1. The molecule has 1 heterocycles. The van der Waals surface area contributed by atoms with Crippen molar-refractivity contribution in [2.75, 3.05) is 17.2 Å². The molecular formula is C26H33N5O6S. The molecule has 12 heteroatoms. The third kappa shape index (κ3) is 5.42. The molecule has 3 aromatic rings. The number of fused-ring (bicyclic) bond motifs is 1. The number of carbonyl (C=O) groups excluding carboxylic acids is 1. The zero-order valence-corrected chi connectivity index (χ0v) is 22.0. The first-order valence-corrected chi connectivity index (χ1v) is 14.3. The lowest BCUT2D eigenvalue weighted by atomic mass is 9.98. The fourth-order valence-corrected chi connectivity index (χ4v) is 6.27. The van der Waals surface area contributed by atoms with Crippen molar-refractivity contribution in [3.8, 4) is 5.75 Å². The Bertz CT molecular complexity index is 1420. The lowest BCUT2D eigenvalue weighted by Gasteiger charge is -2.29. The van der Waals surface area contributed by atoms with Crippen LogP contribution in [0.2, 0.25) is 0 Å². The minimum absolute atomic E-state index is 0.00433. The number of rotatable bonds is 8. The summed E-state index contributed by atoms with van der Waals surface area (Å²) in [6.45, 7) is 1.91. The molecular weight excluding hydrogens is 510 g/mol. The van der Waals surface area contributed by atoms with Crippen LogP contribution in [0.5, 0.6) is 5.75 Å². The Morgan fingerprint density at radius 3 is 2.53 bits per heavy atom. The van der Waals surface area contributed by atoms with Gasteiger partial charge in [0.25, 0.3) is 0 Å². The van der Waals surface area contributed by atoms with E-state index in [1.165, 1.54) is 24.3 Å². The Kier molecular flexibility index (Phi) is 6.97. The third-order valence-corrected chi connectivity index (χ3v) is 8.91. The van der Waals surface area contributed by atoms with Crippen LogP contribution in [0, 0.1) is 5.92 Å². The van der Waals surface area contributed by atoms with Crippen molar-refractivity contribution in [2.45, 2.75) is 68.0 Å². The molecule has 2 aromatic carbocycles. The number of aromatic amines is 1. The molecule has 1 aromatic heterocycles. The molecule has 2 amide bonds. The Hall–Kier alpha value is -3.35. The summed E-state index contributed by atoms with van der Waals surface area (Å²) in [6.07, 6.45) is 5.97. The van der Waals surface area contributed by atoms with Crippen molar-refractivity contribution >= 4 is 38.8 Å². The van der Waals surface area contributed by atoms with E-state index in [2.05, 4.69) is 25.9 Å². The predicted molar refractivity (Wildman–Crippen MR) is 142 cm³/mol. The van der Waals surface area contributed by atoms with Crippen molar-refractivity contribution in [3.05, 3.63) is 42.5 Å². The van der Waals surface area contributed by atoms with Crippen LogP contribution >= 0.6 is 0 Å². The summed E-state index contributed by atoms with van der Waals surface area (Å²) >= 11 is 0. The van der Waals surface area contributed by atoms with Gasteiger partial charge >= 0.3 is 16.1 Å². The lowest BCUT2D eigenvalue weighted by molar-refractivity contribution is -0.0109. The van der Waals surface area contributed by atoms with Gasteiger partial charge < -0.3 is 30.0 Å². The van der Waals surface area contributed by atoms with Crippen molar-refractivity contribution < 1.29 is 27.6 Å². The lowest BCUT2D eigenvalue weighted by Crippen LogP contribution is -2.51. The van der Waals surface area contributed by atoms with Crippen molar-refractivity contribution in [1.29, 1.82) is 0 Å². The van der Waals surface area contributed by atoms with Gasteiger partial charge in [0.05, 0.1) is 23.2 Å². The van der Waals surface area contributed by atoms with Crippen LogP contribution in [-0.2, 0) is 10.1 Å². The number of H-pyrrole nitrogens is 1. The highest BCUT2D eigenvalue weighted by Gasteiger charge is 2.39. The summed E-state index contributed by atoms with van der Waals surface area (Å²) in [5, 5.41) is 28.9. The number of anilines is 2. The molecule has 2 saturated carbocycles. The normalized spacial score (nSPS) is 22.9. The van der Waals surface area contributed by atoms with Gasteiger partial charge in [-0.2, -0.15) is 8.42 Å². The number of nitrogens with one attached hydrogen (secondary N) is 4. The minimum Gasteiger partial charge on any atom is -0.394 e. The number of nitrogens with zero attached hydrogens (tertiary/aromatic N) is 1. The van der Waals surface area contributed by atoms with Gasteiger partial charge in [-0.05, 0) is 68.5 Å². The molecule has 6 N–H and O–H groups in total. The molecule has 2 atom stereocenters. The Morgan fingerprint density at radius 2 is 1.87 bits per heavy atom. The van der Waals surface area contributed by atoms with E-state index in [0.717, 1.165) is 44.2 Å². The summed E-state index contributed by atoms with van der Waals surface area (Å²) in [5.74, 6) is 0.180. The topological polar surface area (TPSA) is 166 Å². The number of imidazole rings is 1. The third-order valence-electron chi connectivity index (χ3n) is 7.65. The summed E-state index contributed by atoms with van der Waals surface area (Å²) in [5.41, 5.74) is 0.0808. The van der Waals surface area contributed by atoms with E-state index in [1.807, 2.05) is 6.92 Å². The van der Waals surface area contributed by atoms with E-state index in [0.29, 0.717) is 17.5 Å². The highest BCUT2D eigenvalue weighted by Crippen LogP contribution is 2.34. The maximum atomic E-state index is 12.9. The number of aromatic nitrogens is 2. The van der Waals surface area contributed by atoms with E-state index in [9.17, 15) is 23.4 Å². The van der Waals surface area contributed by atoms with E-state index >= 15 is 0 Å². The number of aliphatic hydroxyl groups excluding tert-OH is 1. The maximum absolute atomic E-state index is 12.9. The quantitative estimate of drug-likeness (QED) is 0.185. The molecule has 5 rings (SSSR count). The molecule has 38 heavy (non-hydrogen) atoms. The minimum atomic E-state index is -4.10. The number of carbonyl (C=O) groups is 1. The number of urea groups is 1. The fourth-order valence-electron chi connectivity index (χ4n) is 5.34. The Balaban J connectivity index is 1.24.